The molecule has 3 aromatic carbocycles. The zero-order valence-corrected chi connectivity index (χ0v) is 19.6. The van der Waals surface area contributed by atoms with Crippen LogP contribution in [0.2, 0.25) is 0 Å². The third kappa shape index (κ3) is 3.82. The molecule has 0 aromatic heterocycles. The fourth-order valence-corrected chi connectivity index (χ4v) is 4.66. The largest absolute Gasteiger partial charge is 0.497 e. The van der Waals surface area contributed by atoms with E-state index in [0.717, 1.165) is 0 Å². The van der Waals surface area contributed by atoms with Crippen LogP contribution in [0.5, 0.6) is 28.7 Å². The fraction of sp³-hybridized carbons (Fsp3) is 0.259. The molecule has 0 radical (unpaired) electrons. The highest BCUT2D eigenvalue weighted by Crippen LogP contribution is 2.41. The topological polar surface area (TPSA) is 86.8 Å². The molecule has 0 bridgehead atoms. The van der Waals surface area contributed by atoms with E-state index in [9.17, 15) is 9.59 Å². The lowest BCUT2D eigenvalue weighted by atomic mass is 9.99. The Kier molecular flexibility index (Phi) is 5.52. The monoisotopic (exact) mass is 488 g/mol. The van der Waals surface area contributed by atoms with Crippen molar-refractivity contribution >= 4 is 23.2 Å². The molecule has 36 heavy (non-hydrogen) atoms. The van der Waals surface area contributed by atoms with E-state index in [-0.39, 0.29) is 18.4 Å². The molecule has 1 saturated heterocycles. The van der Waals surface area contributed by atoms with Crippen molar-refractivity contribution in [3.05, 3.63) is 66.2 Å². The van der Waals surface area contributed by atoms with Gasteiger partial charge in [-0.15, -0.1) is 0 Å². The average Bonchev–Trinajstić information content (AvgIpc) is 2.93. The molecular formula is C27H24N2O7. The normalized spacial score (nSPS) is 18.8. The number of carbonyl (C=O) groups is 2. The second-order valence-electron chi connectivity index (χ2n) is 8.52. The van der Waals surface area contributed by atoms with Crippen molar-refractivity contribution in [1.82, 2.24) is 0 Å². The van der Waals surface area contributed by atoms with Gasteiger partial charge in [-0.1, -0.05) is 12.1 Å². The number of benzene rings is 3. The van der Waals surface area contributed by atoms with Crippen LogP contribution < -0.4 is 33.5 Å². The Morgan fingerprint density at radius 1 is 0.722 bits per heavy atom. The van der Waals surface area contributed by atoms with Gasteiger partial charge in [0.15, 0.2) is 23.0 Å². The summed E-state index contributed by atoms with van der Waals surface area (Å²) in [5.41, 5.74) is 1.78. The predicted molar refractivity (Wildman–Crippen MR) is 130 cm³/mol. The van der Waals surface area contributed by atoms with Gasteiger partial charge in [0.1, 0.15) is 44.8 Å². The van der Waals surface area contributed by atoms with Gasteiger partial charge in [-0.05, 0) is 42.0 Å². The van der Waals surface area contributed by atoms with E-state index in [1.165, 1.54) is 9.80 Å². The number of amides is 2. The first-order chi connectivity index (χ1) is 17.6. The smallest absolute Gasteiger partial charge is 0.255 e. The van der Waals surface area contributed by atoms with E-state index in [2.05, 4.69) is 0 Å². The average molecular weight is 488 g/mol. The molecule has 184 valence electrons. The van der Waals surface area contributed by atoms with Crippen LogP contribution in [0.4, 0.5) is 11.4 Å². The Bertz CT molecular complexity index is 1320. The Morgan fingerprint density at radius 2 is 1.28 bits per heavy atom. The number of nitrogens with zero attached hydrogens (tertiary/aromatic N) is 2. The number of hydrogen-bond acceptors (Lipinski definition) is 7. The maximum Gasteiger partial charge on any atom is 0.255 e. The van der Waals surface area contributed by atoms with Crippen molar-refractivity contribution in [2.45, 2.75) is 6.04 Å². The van der Waals surface area contributed by atoms with Crippen LogP contribution in [-0.2, 0) is 9.59 Å². The molecule has 3 aliphatic rings. The molecule has 1 fully saturated rings. The van der Waals surface area contributed by atoms with E-state index >= 15 is 0 Å². The second kappa shape index (κ2) is 8.99. The highest BCUT2D eigenvalue weighted by Gasteiger charge is 2.42. The molecule has 0 spiro atoms. The van der Waals surface area contributed by atoms with Crippen molar-refractivity contribution in [1.29, 1.82) is 0 Å². The Hall–Kier alpha value is -4.40. The second-order valence-corrected chi connectivity index (χ2v) is 8.52. The third-order valence-electron chi connectivity index (χ3n) is 6.39. The molecule has 0 saturated carbocycles. The maximum atomic E-state index is 14.0. The Balaban J connectivity index is 1.41. The van der Waals surface area contributed by atoms with E-state index in [1.54, 1.807) is 67.8 Å². The van der Waals surface area contributed by atoms with Crippen LogP contribution in [0.1, 0.15) is 11.6 Å². The summed E-state index contributed by atoms with van der Waals surface area (Å²) in [6.07, 6.45) is 0. The SMILES string of the molecule is COc1ccc([C@H]2C(=O)N(c3ccc4c(c3)OCCO4)CC(=O)N2c2ccc3c(c2)OCCO3)cc1. The van der Waals surface area contributed by atoms with Crippen LogP contribution >= 0.6 is 0 Å². The summed E-state index contributed by atoms with van der Waals surface area (Å²) in [4.78, 5) is 30.7. The van der Waals surface area contributed by atoms with Gasteiger partial charge >= 0.3 is 0 Å². The molecule has 0 N–H and O–H groups in total. The molecule has 2 amide bonds. The van der Waals surface area contributed by atoms with Crippen molar-refractivity contribution in [3.63, 3.8) is 0 Å². The summed E-state index contributed by atoms with van der Waals surface area (Å²) in [5, 5.41) is 0. The van der Waals surface area contributed by atoms with E-state index in [1.807, 2.05) is 0 Å². The zero-order chi connectivity index (χ0) is 24.6. The zero-order valence-electron chi connectivity index (χ0n) is 19.6. The van der Waals surface area contributed by atoms with Gasteiger partial charge in [-0.3, -0.25) is 14.5 Å². The van der Waals surface area contributed by atoms with Crippen LogP contribution in [0.15, 0.2) is 60.7 Å². The summed E-state index contributed by atoms with van der Waals surface area (Å²) in [6, 6.07) is 16.8. The third-order valence-corrected chi connectivity index (χ3v) is 6.39. The summed E-state index contributed by atoms with van der Waals surface area (Å²) in [6.45, 7) is 1.66. The van der Waals surface area contributed by atoms with Gasteiger partial charge in [0, 0.05) is 23.5 Å². The summed E-state index contributed by atoms with van der Waals surface area (Å²) in [7, 11) is 1.58. The number of rotatable bonds is 4. The van der Waals surface area contributed by atoms with E-state index < -0.39 is 6.04 Å². The highest BCUT2D eigenvalue weighted by atomic mass is 16.6. The number of ether oxygens (including phenoxy) is 5. The number of hydrogen-bond donors (Lipinski definition) is 0. The lowest BCUT2D eigenvalue weighted by Gasteiger charge is -2.41. The van der Waals surface area contributed by atoms with Crippen LogP contribution in [0.25, 0.3) is 0 Å². The van der Waals surface area contributed by atoms with Crippen molar-refractivity contribution in [3.8, 4) is 28.7 Å². The molecule has 6 rings (SSSR count). The van der Waals surface area contributed by atoms with Gasteiger partial charge in [0.25, 0.3) is 5.91 Å². The number of piperazine rings is 1. The molecule has 3 aliphatic heterocycles. The van der Waals surface area contributed by atoms with Gasteiger partial charge in [-0.2, -0.15) is 0 Å². The molecule has 0 unspecified atom stereocenters. The first-order valence-electron chi connectivity index (χ1n) is 11.7. The minimum Gasteiger partial charge on any atom is -0.497 e. The van der Waals surface area contributed by atoms with Gasteiger partial charge in [-0.25, -0.2) is 0 Å². The number of anilines is 2. The van der Waals surface area contributed by atoms with E-state index in [4.69, 9.17) is 23.7 Å². The summed E-state index contributed by atoms with van der Waals surface area (Å²) in [5.74, 6) is 2.50. The summed E-state index contributed by atoms with van der Waals surface area (Å²) < 4.78 is 28.0. The van der Waals surface area contributed by atoms with Crippen molar-refractivity contribution in [2.75, 3.05) is 49.9 Å². The standard InChI is InChI=1S/C27H24N2O7/c1-32-20-6-2-17(3-7-20)26-27(31)28(18-4-8-21-23(14-18)35-12-10-33-21)16-25(30)29(26)19-5-9-22-24(15-19)36-13-11-34-22/h2-9,14-15,26H,10-13,16H2,1H3/t26-/m0/s1. The first-order valence-corrected chi connectivity index (χ1v) is 11.7. The molecule has 9 heteroatoms. The molecule has 1 atom stereocenters. The van der Waals surface area contributed by atoms with E-state index in [0.29, 0.717) is 72.1 Å². The molecule has 0 aliphatic carbocycles. The molecule has 9 nitrogen and oxygen atoms in total. The Labute approximate surface area is 207 Å². The number of fused-ring (bicyclic) bond motifs is 2. The number of methoxy groups -OCH3 is 1. The first kappa shape index (κ1) is 22.1. The van der Waals surface area contributed by atoms with Crippen LogP contribution in [0, 0.1) is 0 Å². The quantitative estimate of drug-likeness (QED) is 0.557. The molecule has 3 heterocycles. The lowest BCUT2D eigenvalue weighted by molar-refractivity contribution is -0.128. The van der Waals surface area contributed by atoms with Crippen LogP contribution in [-0.4, -0.2) is 51.9 Å². The van der Waals surface area contributed by atoms with Crippen molar-refractivity contribution in [2.24, 2.45) is 0 Å². The molecular weight excluding hydrogens is 464 g/mol. The minimum absolute atomic E-state index is 0.125. The highest BCUT2D eigenvalue weighted by molar-refractivity contribution is 6.14. The number of carbonyl (C=O) groups excluding carboxylic acids is 2. The Morgan fingerprint density at radius 3 is 1.89 bits per heavy atom. The minimum atomic E-state index is -0.895. The molecule has 3 aromatic rings. The van der Waals surface area contributed by atoms with Gasteiger partial charge in [0.2, 0.25) is 5.91 Å². The van der Waals surface area contributed by atoms with Gasteiger partial charge in [0.05, 0.1) is 7.11 Å². The summed E-state index contributed by atoms with van der Waals surface area (Å²) >= 11 is 0. The lowest BCUT2D eigenvalue weighted by Crippen LogP contribution is -2.56. The fourth-order valence-electron chi connectivity index (χ4n) is 4.66. The van der Waals surface area contributed by atoms with Crippen LogP contribution in [0.3, 0.4) is 0 Å². The van der Waals surface area contributed by atoms with Crippen molar-refractivity contribution < 1.29 is 33.3 Å². The predicted octanol–water partition coefficient (Wildman–Crippen LogP) is 3.36. The van der Waals surface area contributed by atoms with Gasteiger partial charge < -0.3 is 28.6 Å². The maximum absolute atomic E-state index is 14.0.